The van der Waals surface area contributed by atoms with Gasteiger partial charge < -0.3 is 0 Å². The zero-order valence-corrected chi connectivity index (χ0v) is 17.0. The minimum absolute atomic E-state index is 0.000207. The van der Waals surface area contributed by atoms with Crippen molar-refractivity contribution in [2.24, 2.45) is 0 Å². The highest BCUT2D eigenvalue weighted by atomic mass is 35.5. The molecule has 30 heavy (non-hydrogen) atoms. The minimum atomic E-state index is -4.57. The molecule has 156 valence electrons. The van der Waals surface area contributed by atoms with Gasteiger partial charge in [0.2, 0.25) is 5.91 Å². The maximum Gasteiger partial charge on any atom is 0.416 e. The van der Waals surface area contributed by atoms with Crippen LogP contribution in [0, 0.1) is 6.92 Å². The first kappa shape index (κ1) is 20.7. The first-order valence-corrected chi connectivity index (χ1v) is 10.1. The summed E-state index contributed by atoms with van der Waals surface area (Å²) in [7, 11) is 0. The van der Waals surface area contributed by atoms with Crippen LogP contribution in [0.3, 0.4) is 0 Å². The molecule has 1 aliphatic carbocycles. The Bertz CT molecular complexity index is 1060. The lowest BCUT2D eigenvalue weighted by Gasteiger charge is -2.38. The van der Waals surface area contributed by atoms with E-state index >= 15 is 0 Å². The Morgan fingerprint density at radius 3 is 2.40 bits per heavy atom. The predicted octanol–water partition coefficient (Wildman–Crippen LogP) is 6.19. The number of alkyl halides is 3. The molecule has 2 aliphatic rings. The average Bonchev–Trinajstić information content (AvgIpc) is 2.68. The number of ketones is 1. The van der Waals surface area contributed by atoms with Crippen LogP contribution >= 0.6 is 11.6 Å². The first-order chi connectivity index (χ1) is 14.2. The summed E-state index contributed by atoms with van der Waals surface area (Å²) in [6.07, 6.45) is -3.23. The summed E-state index contributed by atoms with van der Waals surface area (Å²) >= 11 is 6.21. The average molecular weight is 434 g/mol. The third kappa shape index (κ3) is 3.65. The second-order valence-corrected chi connectivity index (χ2v) is 8.10. The fourth-order valence-electron chi connectivity index (χ4n) is 4.22. The highest BCUT2D eigenvalue weighted by Gasteiger charge is 2.41. The highest BCUT2D eigenvalue weighted by molar-refractivity contribution is 6.34. The van der Waals surface area contributed by atoms with Crippen molar-refractivity contribution in [2.45, 2.75) is 44.7 Å². The molecule has 3 nitrogen and oxygen atoms in total. The van der Waals surface area contributed by atoms with E-state index < -0.39 is 17.7 Å². The van der Waals surface area contributed by atoms with E-state index in [0.29, 0.717) is 30.5 Å². The number of aryl methyl sites for hydroxylation is 1. The van der Waals surface area contributed by atoms with Crippen LogP contribution < -0.4 is 4.90 Å². The van der Waals surface area contributed by atoms with Crippen molar-refractivity contribution in [1.82, 2.24) is 0 Å². The lowest BCUT2D eigenvalue weighted by atomic mass is 9.77. The van der Waals surface area contributed by atoms with E-state index in [4.69, 9.17) is 11.6 Å². The molecule has 0 radical (unpaired) electrons. The number of benzene rings is 2. The number of rotatable bonds is 2. The van der Waals surface area contributed by atoms with E-state index in [-0.39, 0.29) is 28.8 Å². The van der Waals surface area contributed by atoms with E-state index in [0.717, 1.165) is 29.3 Å². The topological polar surface area (TPSA) is 37.4 Å². The van der Waals surface area contributed by atoms with E-state index in [1.54, 1.807) is 0 Å². The van der Waals surface area contributed by atoms with E-state index in [1.165, 1.54) is 4.90 Å². The van der Waals surface area contributed by atoms with E-state index in [1.807, 2.05) is 31.2 Å². The molecule has 1 unspecified atom stereocenters. The number of hydrogen-bond donors (Lipinski definition) is 0. The number of carbonyl (C=O) groups excluding carboxylic acids is 2. The number of carbonyl (C=O) groups is 2. The molecular weight excluding hydrogens is 415 g/mol. The monoisotopic (exact) mass is 433 g/mol. The maximum atomic E-state index is 13.3. The molecule has 0 aromatic heterocycles. The van der Waals surface area contributed by atoms with Crippen molar-refractivity contribution in [3.8, 4) is 0 Å². The maximum absolute atomic E-state index is 13.3. The van der Waals surface area contributed by atoms with Gasteiger partial charge in [-0.25, -0.2) is 0 Å². The van der Waals surface area contributed by atoms with E-state index in [2.05, 4.69) is 0 Å². The van der Waals surface area contributed by atoms with Gasteiger partial charge in [-0.3, -0.25) is 14.5 Å². The van der Waals surface area contributed by atoms with Crippen LogP contribution in [-0.2, 0) is 15.8 Å². The van der Waals surface area contributed by atoms with Crippen molar-refractivity contribution in [1.29, 1.82) is 0 Å². The molecule has 2 aromatic rings. The van der Waals surface area contributed by atoms with Gasteiger partial charge in [0.1, 0.15) is 0 Å². The van der Waals surface area contributed by atoms with Gasteiger partial charge in [0.05, 0.1) is 16.3 Å². The van der Waals surface area contributed by atoms with Crippen LogP contribution in [0.2, 0.25) is 5.02 Å². The van der Waals surface area contributed by atoms with Gasteiger partial charge in [0.25, 0.3) is 0 Å². The molecule has 2 aromatic carbocycles. The Hall–Kier alpha value is -2.60. The van der Waals surface area contributed by atoms with Crippen molar-refractivity contribution < 1.29 is 22.8 Å². The summed E-state index contributed by atoms with van der Waals surface area (Å²) < 4.78 is 39.8. The zero-order valence-electron chi connectivity index (χ0n) is 16.2. The van der Waals surface area contributed by atoms with Crippen molar-refractivity contribution in [2.75, 3.05) is 4.90 Å². The molecule has 0 fully saturated rings. The number of hydrogen-bond acceptors (Lipinski definition) is 2. The van der Waals surface area contributed by atoms with Crippen LogP contribution in [0.25, 0.3) is 0 Å². The lowest BCUT2D eigenvalue weighted by Crippen LogP contribution is -2.40. The van der Waals surface area contributed by atoms with Crippen LogP contribution in [0.15, 0.2) is 53.7 Å². The summed E-state index contributed by atoms with van der Waals surface area (Å²) in [6, 6.07) is 10.5. The quantitative estimate of drug-likeness (QED) is 0.566. The SMILES string of the molecule is Cc1ccc(C2CC(=O)N(c3cc(C(F)(F)F)ccc3Cl)C3=C2C(=O)CCC3)cc1. The second-order valence-electron chi connectivity index (χ2n) is 7.70. The molecule has 0 bridgehead atoms. The second kappa shape index (κ2) is 7.58. The Balaban J connectivity index is 1.88. The molecular formula is C23H19ClF3NO2. The number of anilines is 1. The predicted molar refractivity (Wildman–Crippen MR) is 108 cm³/mol. The highest BCUT2D eigenvalue weighted by Crippen LogP contribution is 2.45. The molecule has 1 amide bonds. The molecule has 1 aliphatic heterocycles. The number of Topliss-reactive ketones (excluding diaryl/α,β-unsaturated/α-hetero) is 1. The number of halogens is 4. The Morgan fingerprint density at radius 1 is 1.03 bits per heavy atom. The van der Waals surface area contributed by atoms with Crippen LogP contribution in [0.5, 0.6) is 0 Å². The van der Waals surface area contributed by atoms with Crippen molar-refractivity contribution >= 4 is 29.0 Å². The summed E-state index contributed by atoms with van der Waals surface area (Å²) in [4.78, 5) is 27.3. The number of nitrogens with zero attached hydrogens (tertiary/aromatic N) is 1. The fourth-order valence-corrected chi connectivity index (χ4v) is 4.42. The summed E-state index contributed by atoms with van der Waals surface area (Å²) in [5.41, 5.74) is 1.97. The summed E-state index contributed by atoms with van der Waals surface area (Å²) in [6.45, 7) is 1.95. The number of allylic oxidation sites excluding steroid dienone is 2. The molecule has 0 saturated carbocycles. The Labute approximate surface area is 177 Å². The molecule has 0 N–H and O–H groups in total. The van der Waals surface area contributed by atoms with Crippen LogP contribution in [-0.4, -0.2) is 11.7 Å². The summed E-state index contributed by atoms with van der Waals surface area (Å²) in [5.74, 6) is -0.834. The molecule has 0 saturated heterocycles. The van der Waals surface area contributed by atoms with Gasteiger partial charge in [0.15, 0.2) is 5.78 Å². The van der Waals surface area contributed by atoms with Gasteiger partial charge >= 0.3 is 6.18 Å². The smallest absolute Gasteiger partial charge is 0.294 e. The van der Waals surface area contributed by atoms with Crippen LogP contribution in [0.1, 0.15) is 48.3 Å². The van der Waals surface area contributed by atoms with E-state index in [9.17, 15) is 22.8 Å². The molecule has 4 rings (SSSR count). The third-order valence-corrected chi connectivity index (χ3v) is 5.99. The van der Waals surface area contributed by atoms with Gasteiger partial charge in [-0.05, 0) is 43.5 Å². The third-order valence-electron chi connectivity index (χ3n) is 5.67. The first-order valence-electron chi connectivity index (χ1n) is 9.69. The van der Waals surface area contributed by atoms with Gasteiger partial charge in [-0.2, -0.15) is 13.2 Å². The van der Waals surface area contributed by atoms with Gasteiger partial charge in [0, 0.05) is 30.0 Å². The normalized spacial score (nSPS) is 19.9. The molecule has 1 heterocycles. The Morgan fingerprint density at radius 2 is 1.73 bits per heavy atom. The van der Waals surface area contributed by atoms with Gasteiger partial charge in [-0.1, -0.05) is 41.4 Å². The van der Waals surface area contributed by atoms with Crippen LogP contribution in [0.4, 0.5) is 18.9 Å². The molecule has 1 atom stereocenters. The Kier molecular flexibility index (Phi) is 5.22. The van der Waals surface area contributed by atoms with Gasteiger partial charge in [-0.15, -0.1) is 0 Å². The van der Waals surface area contributed by atoms with Crippen molar-refractivity contribution in [3.05, 3.63) is 75.4 Å². The zero-order chi connectivity index (χ0) is 21.6. The number of amides is 1. The largest absolute Gasteiger partial charge is 0.416 e. The molecule has 0 spiro atoms. The molecule has 7 heteroatoms. The van der Waals surface area contributed by atoms with Crippen molar-refractivity contribution in [3.63, 3.8) is 0 Å². The fraction of sp³-hybridized carbons (Fsp3) is 0.304. The minimum Gasteiger partial charge on any atom is -0.294 e. The summed E-state index contributed by atoms with van der Waals surface area (Å²) in [5, 5.41) is 0.0370. The standard InChI is InChI=1S/C23H19ClF3NO2/c1-13-5-7-14(8-6-13)16-12-21(30)28(18-3-2-4-20(29)22(16)18)19-11-15(23(25,26)27)9-10-17(19)24/h5-11,16H,2-4,12H2,1H3. The lowest BCUT2D eigenvalue weighted by molar-refractivity contribution is -0.137.